The molecule has 1 amide bonds. The van der Waals surface area contributed by atoms with Gasteiger partial charge in [-0.2, -0.15) is 0 Å². The van der Waals surface area contributed by atoms with E-state index in [0.29, 0.717) is 31.0 Å². The molecule has 28 heavy (non-hydrogen) atoms. The van der Waals surface area contributed by atoms with Gasteiger partial charge in [0, 0.05) is 18.7 Å². The highest BCUT2D eigenvalue weighted by atomic mass is 32.2. The smallest absolute Gasteiger partial charge is 0.262 e. The Morgan fingerprint density at radius 1 is 1.29 bits per heavy atom. The maximum atomic E-state index is 12.5. The van der Waals surface area contributed by atoms with Crippen molar-refractivity contribution in [1.82, 2.24) is 9.62 Å². The minimum Gasteiger partial charge on any atom is -0.465 e. The molecule has 0 bridgehead atoms. The first-order valence-electron chi connectivity index (χ1n) is 9.02. The summed E-state index contributed by atoms with van der Waals surface area (Å²) in [6, 6.07) is 9.92. The molecule has 2 N–H and O–H groups in total. The first-order valence-corrected chi connectivity index (χ1v) is 10.5. The molecule has 0 saturated carbocycles. The van der Waals surface area contributed by atoms with E-state index in [-0.39, 0.29) is 17.3 Å². The first kappa shape index (κ1) is 20.1. The van der Waals surface area contributed by atoms with Crippen LogP contribution in [0, 0.1) is 6.92 Å². The second-order valence-corrected chi connectivity index (χ2v) is 8.48. The van der Waals surface area contributed by atoms with Crippen molar-refractivity contribution in [2.24, 2.45) is 4.99 Å². The van der Waals surface area contributed by atoms with Gasteiger partial charge in [0.15, 0.2) is 0 Å². The summed E-state index contributed by atoms with van der Waals surface area (Å²) in [6.45, 7) is 3.15. The van der Waals surface area contributed by atoms with Crippen LogP contribution in [0.3, 0.4) is 0 Å². The zero-order chi connectivity index (χ0) is 20.1. The molecule has 0 saturated heterocycles. The molecule has 0 atom stereocenters. The largest absolute Gasteiger partial charge is 0.465 e. The van der Waals surface area contributed by atoms with Crippen molar-refractivity contribution in [1.29, 1.82) is 0 Å². The molecule has 0 radical (unpaired) electrons. The summed E-state index contributed by atoms with van der Waals surface area (Å²) in [6.07, 6.45) is 1.47. The van der Waals surface area contributed by atoms with E-state index < -0.39 is 10.0 Å². The maximum Gasteiger partial charge on any atom is 0.262 e. The van der Waals surface area contributed by atoms with Gasteiger partial charge in [-0.3, -0.25) is 19.4 Å². The van der Waals surface area contributed by atoms with E-state index in [4.69, 9.17) is 4.42 Å². The monoisotopic (exact) mass is 404 g/mol. The Hall–Kier alpha value is -2.65. The number of carbonyl (C=O) groups excluding carboxylic acids is 1. The second-order valence-electron chi connectivity index (χ2n) is 6.80. The van der Waals surface area contributed by atoms with Crippen LogP contribution in [-0.2, 0) is 21.4 Å². The summed E-state index contributed by atoms with van der Waals surface area (Å²) in [7, 11) is -1.91. The van der Waals surface area contributed by atoms with Gasteiger partial charge in [-0.05, 0) is 50.7 Å². The number of hydrogen-bond donors (Lipinski definition) is 2. The number of furan rings is 1. The minimum atomic E-state index is -3.72. The number of benzene rings is 1. The zero-order valence-corrected chi connectivity index (χ0v) is 16.8. The van der Waals surface area contributed by atoms with Crippen molar-refractivity contribution in [3.05, 3.63) is 47.9 Å². The highest BCUT2D eigenvalue weighted by Gasteiger charge is 2.19. The summed E-state index contributed by atoms with van der Waals surface area (Å²) in [4.78, 5) is 18.3. The van der Waals surface area contributed by atoms with Crippen molar-refractivity contribution in [2.75, 3.05) is 25.5 Å². The standard InChI is InChI=1S/C19H24N4O4S/c1-14-8-9-16(27-14)12-23(2)13-19(24)21-15-5-3-6-17(11-15)28(25,26)22-18-7-4-10-20-18/h3,5-6,8-9,11H,4,7,10,12-13H2,1-2H3,(H,20,22)(H,21,24). The Morgan fingerprint density at radius 2 is 2.11 bits per heavy atom. The Kier molecular flexibility index (Phi) is 6.15. The van der Waals surface area contributed by atoms with E-state index in [1.165, 1.54) is 12.1 Å². The van der Waals surface area contributed by atoms with Crippen LogP contribution in [0.5, 0.6) is 0 Å². The number of sulfonamides is 1. The van der Waals surface area contributed by atoms with Crippen molar-refractivity contribution in [3.8, 4) is 0 Å². The van der Waals surface area contributed by atoms with Crippen LogP contribution in [0.1, 0.15) is 24.4 Å². The number of aliphatic imine (C=N–C) groups is 1. The van der Waals surface area contributed by atoms with E-state index >= 15 is 0 Å². The SMILES string of the molecule is Cc1ccc(CN(C)CC(=O)Nc2cccc(S(=O)(=O)NC3=NCCC3)c2)o1. The first-order chi connectivity index (χ1) is 13.3. The van der Waals surface area contributed by atoms with Crippen LogP contribution in [0.2, 0.25) is 0 Å². The molecular formula is C19H24N4O4S. The number of rotatable bonds is 7. The third kappa shape index (κ3) is 5.43. The van der Waals surface area contributed by atoms with Gasteiger partial charge in [-0.25, -0.2) is 8.42 Å². The quantitative estimate of drug-likeness (QED) is 0.736. The Bertz CT molecular complexity index is 981. The van der Waals surface area contributed by atoms with Gasteiger partial charge < -0.3 is 9.73 Å². The fourth-order valence-electron chi connectivity index (χ4n) is 2.92. The Morgan fingerprint density at radius 3 is 2.79 bits per heavy atom. The number of anilines is 1. The third-order valence-electron chi connectivity index (χ3n) is 4.19. The van der Waals surface area contributed by atoms with Gasteiger partial charge in [-0.1, -0.05) is 6.07 Å². The molecule has 2 heterocycles. The van der Waals surface area contributed by atoms with E-state index in [0.717, 1.165) is 17.9 Å². The lowest BCUT2D eigenvalue weighted by Crippen LogP contribution is -2.30. The number of nitrogens with zero attached hydrogens (tertiary/aromatic N) is 2. The molecule has 1 aliphatic heterocycles. The molecule has 0 unspecified atom stereocenters. The molecule has 8 nitrogen and oxygen atoms in total. The highest BCUT2D eigenvalue weighted by Crippen LogP contribution is 2.17. The summed E-state index contributed by atoms with van der Waals surface area (Å²) in [5.74, 6) is 1.84. The van der Waals surface area contributed by atoms with E-state index in [1.54, 1.807) is 12.1 Å². The number of amides is 1. The van der Waals surface area contributed by atoms with E-state index in [2.05, 4.69) is 15.0 Å². The Balaban J connectivity index is 1.59. The van der Waals surface area contributed by atoms with Gasteiger partial charge in [-0.15, -0.1) is 0 Å². The van der Waals surface area contributed by atoms with Crippen molar-refractivity contribution >= 4 is 27.5 Å². The fourth-order valence-corrected chi connectivity index (χ4v) is 4.05. The lowest BCUT2D eigenvalue weighted by atomic mass is 10.3. The van der Waals surface area contributed by atoms with Gasteiger partial charge in [0.2, 0.25) is 5.91 Å². The molecule has 0 spiro atoms. The summed E-state index contributed by atoms with van der Waals surface area (Å²) in [5.41, 5.74) is 0.420. The normalized spacial score (nSPS) is 14.2. The summed E-state index contributed by atoms with van der Waals surface area (Å²) < 4.78 is 33.0. The van der Waals surface area contributed by atoms with Crippen LogP contribution in [0.15, 0.2) is 50.7 Å². The lowest BCUT2D eigenvalue weighted by molar-refractivity contribution is -0.117. The van der Waals surface area contributed by atoms with Crippen LogP contribution in [-0.4, -0.2) is 45.2 Å². The Labute approximate surface area is 164 Å². The van der Waals surface area contributed by atoms with Crippen molar-refractivity contribution < 1.29 is 17.6 Å². The molecular weight excluding hydrogens is 380 g/mol. The van der Waals surface area contributed by atoms with Crippen LogP contribution < -0.4 is 10.0 Å². The predicted molar refractivity (Wildman–Crippen MR) is 107 cm³/mol. The van der Waals surface area contributed by atoms with Crippen molar-refractivity contribution in [3.63, 3.8) is 0 Å². The number of aryl methyl sites for hydroxylation is 1. The van der Waals surface area contributed by atoms with E-state index in [1.807, 2.05) is 31.0 Å². The van der Waals surface area contributed by atoms with E-state index in [9.17, 15) is 13.2 Å². The molecule has 1 aromatic carbocycles. The molecule has 2 aromatic rings. The molecule has 150 valence electrons. The van der Waals surface area contributed by atoms with Gasteiger partial charge in [0.25, 0.3) is 10.0 Å². The average Bonchev–Trinajstić information content (AvgIpc) is 3.26. The van der Waals surface area contributed by atoms with Crippen LogP contribution in [0.25, 0.3) is 0 Å². The minimum absolute atomic E-state index is 0.0827. The predicted octanol–water partition coefficient (Wildman–Crippen LogP) is 2.13. The molecule has 0 aliphatic carbocycles. The molecule has 1 aliphatic rings. The van der Waals surface area contributed by atoms with Crippen LogP contribution in [0.4, 0.5) is 5.69 Å². The molecule has 1 aromatic heterocycles. The van der Waals surface area contributed by atoms with Gasteiger partial charge in [0.1, 0.15) is 17.4 Å². The molecule has 9 heteroatoms. The van der Waals surface area contributed by atoms with Gasteiger partial charge >= 0.3 is 0 Å². The summed E-state index contributed by atoms with van der Waals surface area (Å²) >= 11 is 0. The fraction of sp³-hybridized carbons (Fsp3) is 0.368. The van der Waals surface area contributed by atoms with Gasteiger partial charge in [0.05, 0.1) is 18.0 Å². The molecule has 0 fully saturated rings. The number of nitrogens with one attached hydrogen (secondary N) is 2. The topological polar surface area (TPSA) is 104 Å². The number of hydrogen-bond acceptors (Lipinski definition) is 6. The number of carbonyl (C=O) groups is 1. The van der Waals surface area contributed by atoms with Crippen molar-refractivity contribution in [2.45, 2.75) is 31.2 Å². The average molecular weight is 404 g/mol. The second kappa shape index (κ2) is 8.57. The number of amidine groups is 1. The lowest BCUT2D eigenvalue weighted by Gasteiger charge is -2.15. The number of likely N-dealkylation sites (N-methyl/N-ethyl adjacent to an activating group) is 1. The third-order valence-corrected chi connectivity index (χ3v) is 5.57. The van der Waals surface area contributed by atoms with Crippen LogP contribution >= 0.6 is 0 Å². The highest BCUT2D eigenvalue weighted by molar-refractivity contribution is 7.90. The maximum absolute atomic E-state index is 12.5. The summed E-state index contributed by atoms with van der Waals surface area (Å²) in [5, 5.41) is 2.74. The zero-order valence-electron chi connectivity index (χ0n) is 15.9. The molecule has 3 rings (SSSR count).